The van der Waals surface area contributed by atoms with E-state index in [1.54, 1.807) is 0 Å². The van der Waals surface area contributed by atoms with Crippen molar-refractivity contribution in [3.8, 4) is 0 Å². The molecule has 0 amide bonds. The van der Waals surface area contributed by atoms with Crippen LogP contribution in [0.2, 0.25) is 0 Å². The normalized spacial score (nSPS) is 32.9. The Morgan fingerprint density at radius 3 is 2.88 bits per heavy atom. The van der Waals surface area contributed by atoms with Crippen LogP contribution in [-0.4, -0.2) is 33.0 Å². The first-order chi connectivity index (χ1) is 7.91. The second kappa shape index (κ2) is 4.50. The number of nitrogens with two attached hydrogens (primary N) is 1. The second-order valence-electron chi connectivity index (χ2n) is 3.83. The number of halogens is 2. The van der Waals surface area contributed by atoms with Gasteiger partial charge in [-0.1, -0.05) is 0 Å². The van der Waals surface area contributed by atoms with Gasteiger partial charge in [0.15, 0.2) is 12.4 Å². The molecule has 0 radical (unpaired) electrons. The highest BCUT2D eigenvalue weighted by Gasteiger charge is 2.43. The minimum Gasteiger partial charge on any atom is -0.387 e. The van der Waals surface area contributed by atoms with Crippen LogP contribution in [0.15, 0.2) is 11.0 Å². The minimum atomic E-state index is -1.66. The van der Waals surface area contributed by atoms with Crippen LogP contribution in [0, 0.1) is 3.57 Å². The molecule has 8 heteroatoms. The van der Waals surface area contributed by atoms with Gasteiger partial charge in [-0.15, -0.1) is 0 Å². The summed E-state index contributed by atoms with van der Waals surface area (Å²) >= 11 is 1.88. The van der Waals surface area contributed by atoms with Crippen LogP contribution in [0.25, 0.3) is 0 Å². The summed E-state index contributed by atoms with van der Waals surface area (Å²) in [6, 6.07) is 0. The summed E-state index contributed by atoms with van der Waals surface area (Å²) in [6.45, 7) is 1.54. The van der Waals surface area contributed by atoms with E-state index in [1.807, 2.05) is 22.6 Å². The lowest BCUT2D eigenvalue weighted by Crippen LogP contribution is -2.33. The molecule has 1 saturated heterocycles. The van der Waals surface area contributed by atoms with Crippen LogP contribution in [0.5, 0.6) is 0 Å². The van der Waals surface area contributed by atoms with Crippen molar-refractivity contribution in [1.82, 2.24) is 9.55 Å². The van der Waals surface area contributed by atoms with Crippen molar-refractivity contribution in [3.63, 3.8) is 0 Å². The van der Waals surface area contributed by atoms with E-state index in [0.717, 1.165) is 4.57 Å². The van der Waals surface area contributed by atoms with Crippen molar-refractivity contribution < 1.29 is 14.2 Å². The van der Waals surface area contributed by atoms with Crippen LogP contribution in [0.3, 0.4) is 0 Å². The summed E-state index contributed by atoms with van der Waals surface area (Å²) in [7, 11) is 0. The van der Waals surface area contributed by atoms with Gasteiger partial charge in [0.25, 0.3) is 0 Å². The molecule has 0 saturated carbocycles. The molecule has 1 aliphatic heterocycles. The molecule has 0 aromatic carbocycles. The third-order valence-corrected chi connectivity index (χ3v) is 3.47. The van der Waals surface area contributed by atoms with Crippen LogP contribution in [0.1, 0.15) is 13.2 Å². The Bertz CT molecular complexity index is 495. The van der Waals surface area contributed by atoms with Crippen molar-refractivity contribution in [2.75, 3.05) is 5.73 Å². The molecular formula is C9H11FIN3O3. The van der Waals surface area contributed by atoms with Crippen LogP contribution in [0.4, 0.5) is 10.2 Å². The Morgan fingerprint density at radius 2 is 2.35 bits per heavy atom. The van der Waals surface area contributed by atoms with Crippen molar-refractivity contribution in [1.29, 1.82) is 0 Å². The van der Waals surface area contributed by atoms with Crippen molar-refractivity contribution in [3.05, 3.63) is 20.3 Å². The number of nitrogen functional groups attached to an aromatic ring is 1. The molecule has 0 aliphatic carbocycles. The molecule has 0 spiro atoms. The predicted octanol–water partition coefficient (Wildman–Crippen LogP) is 0.0464. The fourth-order valence-electron chi connectivity index (χ4n) is 1.66. The first kappa shape index (κ1) is 12.7. The first-order valence-electron chi connectivity index (χ1n) is 4.93. The van der Waals surface area contributed by atoms with E-state index in [1.165, 1.54) is 13.1 Å². The minimum absolute atomic E-state index is 0.0915. The highest BCUT2D eigenvalue weighted by molar-refractivity contribution is 14.1. The molecule has 0 bridgehead atoms. The Labute approximate surface area is 110 Å². The van der Waals surface area contributed by atoms with Crippen molar-refractivity contribution in [2.24, 2.45) is 0 Å². The number of aliphatic hydroxyl groups is 1. The number of hydrogen-bond acceptors (Lipinski definition) is 5. The summed E-state index contributed by atoms with van der Waals surface area (Å²) < 4.78 is 20.5. The number of alkyl halides is 1. The fourth-order valence-corrected chi connectivity index (χ4v) is 2.08. The molecule has 2 rings (SSSR count). The maximum absolute atomic E-state index is 13.7. The van der Waals surface area contributed by atoms with Gasteiger partial charge in [-0.3, -0.25) is 4.57 Å². The van der Waals surface area contributed by atoms with Crippen LogP contribution >= 0.6 is 22.6 Å². The maximum atomic E-state index is 13.7. The smallest absolute Gasteiger partial charge is 0.351 e. The zero-order chi connectivity index (χ0) is 12.7. The third-order valence-electron chi connectivity index (χ3n) is 2.64. The highest BCUT2D eigenvalue weighted by atomic mass is 127. The van der Waals surface area contributed by atoms with E-state index in [4.69, 9.17) is 10.5 Å². The van der Waals surface area contributed by atoms with Crippen LogP contribution in [-0.2, 0) is 4.74 Å². The van der Waals surface area contributed by atoms with E-state index in [-0.39, 0.29) is 5.82 Å². The van der Waals surface area contributed by atoms with Gasteiger partial charge in [-0.2, -0.15) is 4.98 Å². The lowest BCUT2D eigenvalue weighted by atomic mass is 10.2. The number of ether oxygens (including phenoxy) is 1. The first-order valence-corrected chi connectivity index (χ1v) is 6.01. The third kappa shape index (κ3) is 2.16. The second-order valence-corrected chi connectivity index (χ2v) is 4.99. The molecule has 1 fully saturated rings. The molecule has 17 heavy (non-hydrogen) atoms. The summed E-state index contributed by atoms with van der Waals surface area (Å²) in [5.41, 5.74) is 4.76. The van der Waals surface area contributed by atoms with E-state index in [2.05, 4.69) is 4.98 Å². The lowest BCUT2D eigenvalue weighted by molar-refractivity contribution is -0.0185. The van der Waals surface area contributed by atoms with Crippen LogP contribution < -0.4 is 11.4 Å². The van der Waals surface area contributed by atoms with Gasteiger partial charge >= 0.3 is 5.69 Å². The van der Waals surface area contributed by atoms with Crippen molar-refractivity contribution in [2.45, 2.75) is 31.5 Å². The number of aliphatic hydroxyl groups excluding tert-OH is 1. The number of nitrogens with zero attached hydrogens (tertiary/aromatic N) is 2. The maximum Gasteiger partial charge on any atom is 0.351 e. The molecule has 1 aromatic rings. The summed E-state index contributed by atoms with van der Waals surface area (Å²) in [6.07, 6.45) is -3.37. The van der Waals surface area contributed by atoms with Gasteiger partial charge in [0.2, 0.25) is 0 Å². The van der Waals surface area contributed by atoms with Gasteiger partial charge in [-0.25, -0.2) is 9.18 Å². The van der Waals surface area contributed by atoms with Gasteiger partial charge in [0, 0.05) is 6.20 Å². The van der Waals surface area contributed by atoms with Gasteiger partial charge in [0.1, 0.15) is 11.9 Å². The zero-order valence-electron chi connectivity index (χ0n) is 8.88. The average molecular weight is 355 g/mol. The van der Waals surface area contributed by atoms with Gasteiger partial charge < -0.3 is 15.6 Å². The standard InChI is InChI=1S/C9H11FIN3O3/c1-3-6(15)5(10)8(17-3)14-2-4(11)7(12)13-9(14)16/h2-3,5-6,8,15H,1H3,(H2,12,13,16)/t3?,5-,6+,8-/m1/s1. The molecule has 94 valence electrons. The molecule has 1 aliphatic rings. The van der Waals surface area contributed by atoms with E-state index >= 15 is 0 Å². The number of anilines is 1. The van der Waals surface area contributed by atoms with E-state index < -0.39 is 30.3 Å². The Kier molecular flexibility index (Phi) is 3.36. The molecule has 2 heterocycles. The summed E-state index contributed by atoms with van der Waals surface area (Å²) in [5.74, 6) is 0.0915. The Hall–Kier alpha value is -0.740. The van der Waals surface area contributed by atoms with Gasteiger partial charge in [-0.05, 0) is 29.5 Å². The van der Waals surface area contributed by atoms with Gasteiger partial charge in [0.05, 0.1) is 9.67 Å². The lowest BCUT2D eigenvalue weighted by Gasteiger charge is -2.16. The Balaban J connectivity index is 2.42. The van der Waals surface area contributed by atoms with Crippen molar-refractivity contribution >= 4 is 28.4 Å². The highest BCUT2D eigenvalue weighted by Crippen LogP contribution is 2.30. The molecule has 6 nitrogen and oxygen atoms in total. The molecule has 4 atom stereocenters. The summed E-state index contributed by atoms with van der Waals surface area (Å²) in [5, 5.41) is 9.45. The SMILES string of the molecule is CC1O[C@@H](n2cc(I)c(N)nc2=O)[C@H](F)[C@H]1O. The topological polar surface area (TPSA) is 90.4 Å². The molecule has 1 unspecified atom stereocenters. The molecule has 1 aromatic heterocycles. The predicted molar refractivity (Wildman–Crippen MR) is 66.1 cm³/mol. The van der Waals surface area contributed by atoms with E-state index in [0.29, 0.717) is 3.57 Å². The average Bonchev–Trinajstić information content (AvgIpc) is 2.51. The number of aromatic nitrogens is 2. The summed E-state index contributed by atoms with van der Waals surface area (Å²) in [4.78, 5) is 15.1. The molecular weight excluding hydrogens is 344 g/mol. The quantitative estimate of drug-likeness (QED) is 0.695. The monoisotopic (exact) mass is 355 g/mol. The fraction of sp³-hybridized carbons (Fsp3) is 0.556. The number of hydrogen-bond donors (Lipinski definition) is 2. The zero-order valence-corrected chi connectivity index (χ0v) is 11.0. The number of rotatable bonds is 1. The largest absolute Gasteiger partial charge is 0.387 e. The van der Waals surface area contributed by atoms with E-state index in [9.17, 15) is 14.3 Å². The Morgan fingerprint density at radius 1 is 1.71 bits per heavy atom. The molecule has 3 N–H and O–H groups in total.